The first-order valence-corrected chi connectivity index (χ1v) is 8.91. The minimum atomic E-state index is -4.65. The third-order valence-electron chi connectivity index (χ3n) is 5.17. The molecule has 0 bridgehead atoms. The summed E-state index contributed by atoms with van der Waals surface area (Å²) >= 11 is 0. The lowest BCUT2D eigenvalue weighted by atomic mass is 10.0. The Morgan fingerprint density at radius 1 is 1.42 bits per heavy atom. The third-order valence-corrected chi connectivity index (χ3v) is 5.63. The quantitative estimate of drug-likeness (QED) is 0.450. The van der Waals surface area contributed by atoms with Crippen LogP contribution in [0, 0.1) is 11.3 Å². The molecule has 0 saturated heterocycles. The van der Waals surface area contributed by atoms with Gasteiger partial charge < -0.3 is 30.3 Å². The fourth-order valence-corrected chi connectivity index (χ4v) is 4.31. The summed E-state index contributed by atoms with van der Waals surface area (Å²) in [4.78, 5) is 26.2. The van der Waals surface area contributed by atoms with Crippen molar-refractivity contribution in [1.29, 1.82) is 0 Å². The number of aromatic nitrogens is 3. The number of nitrogen functional groups attached to an aromatic ring is 1. The van der Waals surface area contributed by atoms with E-state index in [1.807, 2.05) is 0 Å². The highest BCUT2D eigenvalue weighted by molar-refractivity contribution is 7.46. The number of pyridine rings is 1. The standard InChI is InChI=1S/C13H17N4O6P/c14-7-1-2-15-12-8(7)16-5-17(12)9-6-3-13(6,11(19)10(9)18)4-23-24(20,21)22/h1-2,5-6,9-11,18-19H,3-4H2,(H2,14,15)(H2,20,21,22)/t6-,9-,10+,11+,13+/m1/s1. The van der Waals surface area contributed by atoms with Gasteiger partial charge in [-0.25, -0.2) is 14.5 Å². The predicted molar refractivity (Wildman–Crippen MR) is 81.5 cm³/mol. The largest absolute Gasteiger partial charge is 0.469 e. The van der Waals surface area contributed by atoms with Crippen LogP contribution in [0.5, 0.6) is 0 Å². The molecule has 2 heterocycles. The van der Waals surface area contributed by atoms with Gasteiger partial charge in [-0.1, -0.05) is 0 Å². The van der Waals surface area contributed by atoms with Crippen LogP contribution in [-0.4, -0.2) is 53.3 Å². The number of rotatable bonds is 4. The van der Waals surface area contributed by atoms with Crippen molar-refractivity contribution >= 4 is 24.7 Å². The molecular formula is C13H17N4O6P. The van der Waals surface area contributed by atoms with Crippen LogP contribution in [0.4, 0.5) is 5.69 Å². The Morgan fingerprint density at radius 3 is 2.88 bits per heavy atom. The Kier molecular flexibility index (Phi) is 3.31. The van der Waals surface area contributed by atoms with Crippen molar-refractivity contribution in [3.8, 4) is 0 Å². The van der Waals surface area contributed by atoms with Crippen LogP contribution >= 0.6 is 7.82 Å². The Balaban J connectivity index is 1.68. The number of aliphatic hydroxyl groups is 2. The molecule has 6 N–H and O–H groups in total. The van der Waals surface area contributed by atoms with Gasteiger partial charge in [0.05, 0.1) is 30.8 Å². The van der Waals surface area contributed by atoms with E-state index in [2.05, 4.69) is 14.5 Å². The predicted octanol–water partition coefficient (Wildman–Crippen LogP) is -0.594. The maximum atomic E-state index is 10.9. The average molecular weight is 356 g/mol. The molecule has 2 fully saturated rings. The van der Waals surface area contributed by atoms with Gasteiger partial charge in [-0.3, -0.25) is 4.52 Å². The van der Waals surface area contributed by atoms with E-state index in [9.17, 15) is 14.8 Å². The summed E-state index contributed by atoms with van der Waals surface area (Å²) in [6.45, 7) is -0.321. The van der Waals surface area contributed by atoms with E-state index in [0.717, 1.165) is 0 Å². The second-order valence-corrected chi connectivity index (χ2v) is 7.70. The summed E-state index contributed by atoms with van der Waals surface area (Å²) in [5.41, 5.74) is 6.44. The molecule has 2 aromatic heterocycles. The lowest BCUT2D eigenvalue weighted by Crippen LogP contribution is -2.35. The van der Waals surface area contributed by atoms with Gasteiger partial charge in [0.25, 0.3) is 0 Å². The zero-order valence-corrected chi connectivity index (χ0v) is 13.3. The van der Waals surface area contributed by atoms with Crippen molar-refractivity contribution in [2.24, 2.45) is 11.3 Å². The fraction of sp³-hybridized carbons (Fsp3) is 0.538. The maximum Gasteiger partial charge on any atom is 0.469 e. The molecule has 0 radical (unpaired) electrons. The van der Waals surface area contributed by atoms with Crippen LogP contribution in [0.15, 0.2) is 18.6 Å². The van der Waals surface area contributed by atoms with Crippen molar-refractivity contribution in [3.63, 3.8) is 0 Å². The van der Waals surface area contributed by atoms with E-state index in [1.165, 1.54) is 12.5 Å². The smallest absolute Gasteiger partial charge is 0.397 e. The van der Waals surface area contributed by atoms with E-state index < -0.39 is 31.5 Å². The zero-order valence-electron chi connectivity index (χ0n) is 12.4. The van der Waals surface area contributed by atoms with E-state index in [0.29, 0.717) is 23.3 Å². The number of phosphoric ester groups is 1. The minimum absolute atomic E-state index is 0.199. The van der Waals surface area contributed by atoms with Gasteiger partial charge in [0.2, 0.25) is 0 Å². The summed E-state index contributed by atoms with van der Waals surface area (Å²) in [5.74, 6) is -0.199. The minimum Gasteiger partial charge on any atom is -0.397 e. The number of fused-ring (bicyclic) bond motifs is 2. The second kappa shape index (κ2) is 4.98. The van der Waals surface area contributed by atoms with Crippen LogP contribution in [0.2, 0.25) is 0 Å². The average Bonchev–Trinajstić information content (AvgIpc) is 3.00. The normalized spacial score (nSPS) is 35.3. The van der Waals surface area contributed by atoms with E-state index in [-0.39, 0.29) is 12.5 Å². The molecule has 5 atom stereocenters. The van der Waals surface area contributed by atoms with Gasteiger partial charge in [0.1, 0.15) is 11.6 Å². The van der Waals surface area contributed by atoms with Gasteiger partial charge in [0.15, 0.2) is 5.65 Å². The Bertz CT molecular complexity index is 852. The molecule has 130 valence electrons. The summed E-state index contributed by atoms with van der Waals surface area (Å²) in [6.07, 6.45) is 1.25. The molecule has 4 rings (SSSR count). The van der Waals surface area contributed by atoms with Crippen molar-refractivity contribution < 1.29 is 29.1 Å². The molecule has 2 aliphatic rings. The van der Waals surface area contributed by atoms with Crippen LogP contribution in [0.3, 0.4) is 0 Å². The highest BCUT2D eigenvalue weighted by Crippen LogP contribution is 2.68. The first-order chi connectivity index (χ1) is 11.2. The molecule has 11 heteroatoms. The molecular weight excluding hydrogens is 339 g/mol. The molecule has 0 aliphatic heterocycles. The van der Waals surface area contributed by atoms with Gasteiger partial charge in [0, 0.05) is 11.6 Å². The number of hydrogen-bond donors (Lipinski definition) is 5. The molecule has 0 spiro atoms. The van der Waals surface area contributed by atoms with Crippen molar-refractivity contribution in [1.82, 2.24) is 14.5 Å². The summed E-state index contributed by atoms with van der Waals surface area (Å²) in [7, 11) is -4.65. The van der Waals surface area contributed by atoms with Gasteiger partial charge >= 0.3 is 7.82 Å². The first-order valence-electron chi connectivity index (χ1n) is 7.38. The van der Waals surface area contributed by atoms with E-state index in [1.54, 1.807) is 10.6 Å². The molecule has 0 unspecified atom stereocenters. The van der Waals surface area contributed by atoms with Crippen molar-refractivity contribution in [2.45, 2.75) is 24.7 Å². The number of hydrogen-bond acceptors (Lipinski definition) is 7. The number of aliphatic hydroxyl groups excluding tert-OH is 2. The SMILES string of the molecule is Nc1ccnc2c1ncn2[C@H]1[C@H](O)[C@H](O)[C@]2(COP(=O)(O)O)C[C@H]12. The van der Waals surface area contributed by atoms with Crippen molar-refractivity contribution in [3.05, 3.63) is 18.6 Å². The van der Waals surface area contributed by atoms with Crippen molar-refractivity contribution in [2.75, 3.05) is 12.3 Å². The number of anilines is 1. The monoisotopic (exact) mass is 356 g/mol. The van der Waals surface area contributed by atoms with Crippen LogP contribution in [0.25, 0.3) is 11.2 Å². The number of imidazole rings is 1. The summed E-state index contributed by atoms with van der Waals surface area (Å²) in [6, 6.07) is 1.11. The molecule has 24 heavy (non-hydrogen) atoms. The van der Waals surface area contributed by atoms with Crippen LogP contribution in [0.1, 0.15) is 12.5 Å². The Hall–Kier alpha value is -1.55. The highest BCUT2D eigenvalue weighted by Gasteiger charge is 2.72. The topological polar surface area (TPSA) is 164 Å². The molecule has 2 aliphatic carbocycles. The molecule has 0 aromatic carbocycles. The number of phosphoric acid groups is 1. The fourth-order valence-electron chi connectivity index (χ4n) is 3.90. The van der Waals surface area contributed by atoms with Gasteiger partial charge in [-0.2, -0.15) is 0 Å². The third kappa shape index (κ3) is 2.19. The van der Waals surface area contributed by atoms with Gasteiger partial charge in [-0.15, -0.1) is 0 Å². The van der Waals surface area contributed by atoms with Crippen LogP contribution < -0.4 is 5.73 Å². The maximum absolute atomic E-state index is 10.9. The molecule has 10 nitrogen and oxygen atoms in total. The van der Waals surface area contributed by atoms with E-state index in [4.69, 9.17) is 15.5 Å². The number of nitrogens with two attached hydrogens (primary N) is 1. The highest BCUT2D eigenvalue weighted by atomic mass is 31.2. The van der Waals surface area contributed by atoms with E-state index >= 15 is 0 Å². The number of nitrogens with zero attached hydrogens (tertiary/aromatic N) is 3. The molecule has 0 amide bonds. The Morgan fingerprint density at radius 2 is 2.17 bits per heavy atom. The molecule has 2 aromatic rings. The summed E-state index contributed by atoms with van der Waals surface area (Å²) < 4.78 is 17.2. The van der Waals surface area contributed by atoms with Gasteiger partial charge in [-0.05, 0) is 18.4 Å². The lowest BCUT2D eigenvalue weighted by Gasteiger charge is -2.24. The zero-order chi connectivity index (χ0) is 17.3. The Labute approximate surface area is 136 Å². The first kappa shape index (κ1) is 15.9. The van der Waals surface area contributed by atoms with Crippen LogP contribution in [-0.2, 0) is 9.09 Å². The lowest BCUT2D eigenvalue weighted by molar-refractivity contribution is -0.0297. The molecule has 2 saturated carbocycles. The second-order valence-electron chi connectivity index (χ2n) is 6.46. The summed E-state index contributed by atoms with van der Waals surface area (Å²) in [5, 5.41) is 20.8.